The number of aryl methyl sites for hydroxylation is 3. The summed E-state index contributed by atoms with van der Waals surface area (Å²) in [7, 11) is 1.90. The molecule has 0 N–H and O–H groups in total. The molecule has 14 aromatic rings. The maximum atomic E-state index is 13.3. The third kappa shape index (κ3) is 24.7. The van der Waals surface area contributed by atoms with Gasteiger partial charge in [-0.25, -0.2) is 20.4 Å². The molecule has 20 nitrogen and oxygen atoms in total. The smallest absolute Gasteiger partial charge is 0.537 e. The minimum absolute atomic E-state index is 0. The van der Waals surface area contributed by atoms with E-state index in [1.807, 2.05) is 158 Å². The molecule has 8 aromatic heterocycles. The number of hydrogen-bond donors (Lipinski definition) is 0. The minimum atomic E-state index is -4.54. The Bertz CT molecular complexity index is 4780. The van der Waals surface area contributed by atoms with Gasteiger partial charge in [0.2, 0.25) is 0 Å². The Labute approximate surface area is 641 Å². The van der Waals surface area contributed by atoms with Crippen molar-refractivity contribution in [1.82, 2.24) is 74.8 Å². The topological polar surface area (TPSA) is 205 Å². The number of hydrogen-bond acceptors (Lipinski definition) is 13. The molecule has 14 rings (SSSR count). The maximum absolute atomic E-state index is 13.3. The average Bonchev–Trinajstić information content (AvgIpc) is 1.75. The van der Waals surface area contributed by atoms with Crippen molar-refractivity contribution < 1.29 is 94.6 Å². The van der Waals surface area contributed by atoms with Crippen molar-refractivity contribution in [3.63, 3.8) is 0 Å². The summed E-state index contributed by atoms with van der Waals surface area (Å²) in [5, 5.41) is 35.0. The predicted molar refractivity (Wildman–Crippen MR) is 378 cm³/mol. The van der Waals surface area contributed by atoms with Gasteiger partial charge in [0.15, 0.2) is 0 Å². The van der Waals surface area contributed by atoms with Crippen LogP contribution in [0.15, 0.2) is 213 Å². The number of ether oxygens (including phenoxy) is 4. The van der Waals surface area contributed by atoms with Crippen LogP contribution in [0.25, 0.3) is 67.8 Å². The summed E-state index contributed by atoms with van der Waals surface area (Å²) in [6.07, 6.45) is 7.60. The second-order valence-electron chi connectivity index (χ2n) is 22.0. The number of pyridine rings is 2. The van der Waals surface area contributed by atoms with Gasteiger partial charge in [-0.05, 0) is 82.1 Å². The monoisotopic (exact) mass is 1820 g/mol. The number of benzene rings is 6. The van der Waals surface area contributed by atoms with Crippen molar-refractivity contribution in [3.05, 3.63) is 278 Å². The fourth-order valence-corrected chi connectivity index (χ4v) is 9.85. The fourth-order valence-electron chi connectivity index (χ4n) is 9.85. The minimum Gasteiger partial charge on any atom is -0.537 e. The Kier molecular flexibility index (Phi) is 32.6. The van der Waals surface area contributed by atoms with E-state index in [0.717, 1.165) is 53.3 Å². The van der Waals surface area contributed by atoms with Crippen molar-refractivity contribution in [2.75, 3.05) is 26.4 Å². The van der Waals surface area contributed by atoms with Gasteiger partial charge < -0.3 is 29.1 Å². The maximum Gasteiger partial charge on any atom is 3.00 e. The fraction of sp³-hybridized carbons (Fsp3) is 0.205. The summed E-state index contributed by atoms with van der Waals surface area (Å²) in [5.74, 6) is 0.458. The van der Waals surface area contributed by atoms with Gasteiger partial charge in [0, 0.05) is 119 Å². The van der Waals surface area contributed by atoms with E-state index in [-0.39, 0.29) is 73.9 Å². The third-order valence-electron chi connectivity index (χ3n) is 14.7. The summed E-state index contributed by atoms with van der Waals surface area (Å²) in [6, 6.07) is 60.6. The molecule has 0 aliphatic carbocycles. The molecule has 0 radical (unpaired) electrons. The first kappa shape index (κ1) is 83.0. The molecule has 0 spiro atoms. The van der Waals surface area contributed by atoms with E-state index in [2.05, 4.69) is 112 Å². The number of alkyl halides is 3. The summed E-state index contributed by atoms with van der Waals surface area (Å²) in [4.78, 5) is 7.94. The Morgan fingerprint density at radius 1 is 0.449 bits per heavy atom. The van der Waals surface area contributed by atoms with Crippen molar-refractivity contribution in [1.29, 1.82) is 0 Å². The molecule has 0 fully saturated rings. The van der Waals surface area contributed by atoms with Gasteiger partial charge in [-0.1, -0.05) is 162 Å². The molecular weight excluding hydrogens is 1740 g/mol. The molecule has 8 heterocycles. The van der Waals surface area contributed by atoms with E-state index in [1.165, 1.54) is 65.9 Å². The molecule has 29 heteroatoms. The van der Waals surface area contributed by atoms with Gasteiger partial charge in [-0.15, -0.1) is 66.8 Å². The van der Waals surface area contributed by atoms with Crippen molar-refractivity contribution in [2.24, 2.45) is 7.05 Å². The summed E-state index contributed by atoms with van der Waals surface area (Å²) < 4.78 is 118. The van der Waals surface area contributed by atoms with Gasteiger partial charge >= 0.3 is 46.5 Å². The normalized spacial score (nSPS) is 10.5. The molecule has 107 heavy (non-hydrogen) atoms. The van der Waals surface area contributed by atoms with E-state index in [9.17, 15) is 30.7 Å². The molecular formula is C78H72F7Ir2N16O4+. The Morgan fingerprint density at radius 3 is 1.18 bits per heavy atom. The molecule has 0 aliphatic heterocycles. The van der Waals surface area contributed by atoms with Crippen LogP contribution in [0.4, 0.5) is 30.7 Å². The molecule has 0 saturated heterocycles. The van der Waals surface area contributed by atoms with Crippen LogP contribution in [-0.4, -0.2) is 91.0 Å². The molecule has 6 aromatic carbocycles. The number of rotatable bonds is 20. The van der Waals surface area contributed by atoms with Gasteiger partial charge in [-0.3, -0.25) is 51.5 Å². The van der Waals surface area contributed by atoms with Gasteiger partial charge in [-0.2, -0.15) is 4.68 Å². The van der Waals surface area contributed by atoms with Gasteiger partial charge in [0.25, 0.3) is 0 Å². The van der Waals surface area contributed by atoms with Crippen LogP contribution in [0.5, 0.6) is 23.0 Å². The van der Waals surface area contributed by atoms with E-state index in [4.69, 9.17) is 18.9 Å². The van der Waals surface area contributed by atoms with Gasteiger partial charge in [0.05, 0.1) is 57.1 Å². The van der Waals surface area contributed by atoms with Crippen molar-refractivity contribution >= 4 is 0 Å². The third-order valence-corrected chi connectivity index (χ3v) is 14.7. The van der Waals surface area contributed by atoms with E-state index >= 15 is 0 Å². The Balaban J connectivity index is 0.000000180. The van der Waals surface area contributed by atoms with Crippen LogP contribution < -0.4 is 33.8 Å². The number of aromatic nitrogens is 16. The summed E-state index contributed by atoms with van der Waals surface area (Å²) in [5.41, 5.74) is 11.1. The first-order valence-corrected chi connectivity index (χ1v) is 33.2. The average molecular weight is 1810 g/mol. The summed E-state index contributed by atoms with van der Waals surface area (Å²) in [6.45, 7) is 15.6. The largest absolute Gasteiger partial charge is 3.00 e. The number of halogens is 7. The predicted octanol–water partition coefficient (Wildman–Crippen LogP) is 15.1. The van der Waals surface area contributed by atoms with Crippen LogP contribution >= 0.6 is 0 Å². The zero-order chi connectivity index (χ0) is 74.5. The molecule has 0 aliphatic rings. The van der Waals surface area contributed by atoms with E-state index in [1.54, 1.807) is 30.6 Å². The molecule has 0 atom stereocenters. The first-order valence-electron chi connectivity index (χ1n) is 33.2. The molecule has 0 bridgehead atoms. The second-order valence-corrected chi connectivity index (χ2v) is 22.0. The van der Waals surface area contributed by atoms with Crippen LogP contribution in [0, 0.1) is 47.5 Å². The standard InChI is InChI=1S/2C18H16FN2O.C14H16FN2O.C13H14FN2O.C8H5F3N4.C7H5N4.2Ir/c2*1-2-22-18-12-15(19)8-9-16(18)17-10-11-21(20-17)13-14-6-4-3-5-7-14;1-4-11-9-13(16-17(11)3)12-7-6-10(15)8-14(12)18-5-2;1-3-16-8-7-12(15-16)11-6-5-10(14)9-13(11)17-4-2;9-8(10,11)15-5-7(13-14-15)6-3-1-2-4-12-6;1-2-4-8-6(3-1)7-5-9-11-10-7;;/h2*3-8,10-12H,2,13H2,1H3;6,8-9H,4-5H2,1-3H3;5,7-9H,3-4H2,1-2H3;1-5H;1-5H;;/q4*-1;;-1;2*+3. The second kappa shape index (κ2) is 42.0. The first-order chi connectivity index (χ1) is 50.9. The summed E-state index contributed by atoms with van der Waals surface area (Å²) >= 11 is 0. The van der Waals surface area contributed by atoms with E-state index in [0.29, 0.717) is 96.2 Å². The van der Waals surface area contributed by atoms with Crippen molar-refractivity contribution in [3.8, 4) is 90.8 Å². The SMILES string of the molecule is CCOc1cc(F)c[c-]c1-c1cc(CC)n(C)n1.CCOc1cc(F)c[c-]c1-c1ccn(CC)n1.CCOc1cc(F)c[c-]c1-c1ccn(Cc2ccccc2)n1.CCOc1cc(F)c[c-]c1-c1ccn(Cc2ccccc2)n1.FC(F)(F)[n+]1cc(-c2ccccn2)[n-]n1.[Ir+3].[Ir+3].c1ccc(-c2cnn[n-]2)nc1. The Hall–Kier alpha value is -11.3. The van der Waals surface area contributed by atoms with Crippen molar-refractivity contribution in [2.45, 2.75) is 73.9 Å². The quantitative estimate of drug-likeness (QED) is 0.0395. The van der Waals surface area contributed by atoms with Crippen LogP contribution in [-0.2, 0) is 79.6 Å². The number of nitrogens with zero attached hydrogens (tertiary/aromatic N) is 16. The van der Waals surface area contributed by atoms with Crippen LogP contribution in [0.3, 0.4) is 0 Å². The molecule has 554 valence electrons. The molecule has 0 unspecified atom stereocenters. The van der Waals surface area contributed by atoms with E-state index < -0.39 is 6.30 Å². The zero-order valence-electron chi connectivity index (χ0n) is 59.0. The zero-order valence-corrected chi connectivity index (χ0v) is 63.8. The van der Waals surface area contributed by atoms with Crippen LogP contribution in [0.2, 0.25) is 0 Å². The molecule has 0 amide bonds. The van der Waals surface area contributed by atoms with Gasteiger partial charge in [0.1, 0.15) is 5.69 Å². The van der Waals surface area contributed by atoms with Crippen LogP contribution in [0.1, 0.15) is 58.4 Å². The Morgan fingerprint density at radius 2 is 0.841 bits per heavy atom. The molecule has 0 saturated carbocycles.